The van der Waals surface area contributed by atoms with Gasteiger partial charge in [0.1, 0.15) is 11.6 Å². The van der Waals surface area contributed by atoms with Crippen LogP contribution >= 0.6 is 11.8 Å². The fourth-order valence-corrected chi connectivity index (χ4v) is 3.31. The molecule has 2 aromatic heterocycles. The van der Waals surface area contributed by atoms with Crippen LogP contribution in [0.15, 0.2) is 28.4 Å². The number of carbonyl (C=O) groups excluding carboxylic acids is 1. The number of carbonyl (C=O) groups is 1. The molecule has 7 nitrogen and oxygen atoms in total. The van der Waals surface area contributed by atoms with Crippen LogP contribution in [0.1, 0.15) is 37.8 Å². The van der Waals surface area contributed by atoms with Gasteiger partial charge in [0.2, 0.25) is 5.91 Å². The molecule has 1 amide bonds. The van der Waals surface area contributed by atoms with Crippen LogP contribution in [0.5, 0.6) is 0 Å². The van der Waals surface area contributed by atoms with Crippen LogP contribution in [0.2, 0.25) is 0 Å². The predicted molar refractivity (Wildman–Crippen MR) is 94.0 cm³/mol. The molecular formula is C16H23N5O2S. The molecule has 0 saturated carbocycles. The molecule has 8 heteroatoms. The van der Waals surface area contributed by atoms with Crippen molar-refractivity contribution in [3.05, 3.63) is 30.3 Å². The van der Waals surface area contributed by atoms with Crippen molar-refractivity contribution in [1.29, 1.82) is 0 Å². The lowest BCUT2D eigenvalue weighted by molar-refractivity contribution is -0.115. The van der Waals surface area contributed by atoms with E-state index in [0.717, 1.165) is 30.2 Å². The van der Waals surface area contributed by atoms with Gasteiger partial charge in [-0.3, -0.25) is 4.79 Å². The summed E-state index contributed by atoms with van der Waals surface area (Å²) in [5.74, 6) is 1.79. The number of aromatic nitrogens is 4. The lowest BCUT2D eigenvalue weighted by Crippen LogP contribution is -2.26. The Morgan fingerprint density at radius 2 is 2.29 bits per heavy atom. The number of allylic oxidation sites excluding steroid dienone is 1. The molecule has 2 rings (SSSR count). The van der Waals surface area contributed by atoms with E-state index in [9.17, 15) is 4.79 Å². The monoisotopic (exact) mass is 349 g/mol. The number of nitrogens with one attached hydrogen (secondary N) is 1. The molecule has 0 saturated heterocycles. The maximum absolute atomic E-state index is 12.6. The van der Waals surface area contributed by atoms with E-state index in [-0.39, 0.29) is 11.2 Å². The molecule has 2 aromatic rings. The first-order valence-electron chi connectivity index (χ1n) is 7.96. The van der Waals surface area contributed by atoms with E-state index in [2.05, 4.69) is 34.2 Å². The highest BCUT2D eigenvalue weighted by Gasteiger charge is 2.23. The van der Waals surface area contributed by atoms with Gasteiger partial charge in [0.25, 0.3) is 0 Å². The summed E-state index contributed by atoms with van der Waals surface area (Å²) < 4.78 is 6.94. The van der Waals surface area contributed by atoms with Crippen molar-refractivity contribution in [1.82, 2.24) is 19.9 Å². The smallest absolute Gasteiger partial charge is 0.239 e. The van der Waals surface area contributed by atoms with E-state index in [1.807, 2.05) is 11.5 Å². The van der Waals surface area contributed by atoms with Crippen LogP contribution in [0.25, 0.3) is 0 Å². The van der Waals surface area contributed by atoms with Crippen molar-refractivity contribution < 1.29 is 9.32 Å². The summed E-state index contributed by atoms with van der Waals surface area (Å²) in [6, 6.07) is 1.70. The van der Waals surface area contributed by atoms with Crippen LogP contribution in [0.4, 0.5) is 5.82 Å². The van der Waals surface area contributed by atoms with E-state index < -0.39 is 0 Å². The lowest BCUT2D eigenvalue weighted by Gasteiger charge is -2.15. The Hall–Kier alpha value is -2.09. The normalized spacial score (nSPS) is 12.1. The maximum Gasteiger partial charge on any atom is 0.239 e. The quantitative estimate of drug-likeness (QED) is 0.552. The topological polar surface area (TPSA) is 85.8 Å². The average molecular weight is 349 g/mol. The second kappa shape index (κ2) is 8.68. The van der Waals surface area contributed by atoms with Gasteiger partial charge in [-0.2, -0.15) is 0 Å². The molecule has 1 atom stereocenters. The fourth-order valence-electron chi connectivity index (χ4n) is 2.18. The van der Waals surface area contributed by atoms with E-state index in [0.29, 0.717) is 18.1 Å². The number of aryl methyl sites for hydroxylation is 2. The minimum Gasteiger partial charge on any atom is -0.360 e. The summed E-state index contributed by atoms with van der Waals surface area (Å²) in [7, 11) is 0. The summed E-state index contributed by atoms with van der Waals surface area (Å²) in [6.07, 6.45) is 4.52. The number of amides is 1. The summed E-state index contributed by atoms with van der Waals surface area (Å²) in [6.45, 7) is 10.1. The standard InChI is InChI=1S/C16H23N5O2S/c1-5-7-8-13(15(22)17-14-10-11(3)23-20-14)24-16-19-18-12(4)21(16)9-6-2/h6,10,13H,2,5,7-9H2,1,3-4H3,(H,17,20,22). The third kappa shape index (κ3) is 4.70. The first kappa shape index (κ1) is 18.3. The first-order valence-corrected chi connectivity index (χ1v) is 8.84. The number of hydrogen-bond donors (Lipinski definition) is 1. The van der Waals surface area contributed by atoms with Crippen LogP contribution in [-0.4, -0.2) is 31.1 Å². The molecular weight excluding hydrogens is 326 g/mol. The highest BCUT2D eigenvalue weighted by molar-refractivity contribution is 8.00. The lowest BCUT2D eigenvalue weighted by atomic mass is 10.2. The average Bonchev–Trinajstić information content (AvgIpc) is 3.11. The second-order valence-electron chi connectivity index (χ2n) is 5.49. The molecule has 0 aliphatic rings. The molecule has 0 bridgehead atoms. The zero-order valence-electron chi connectivity index (χ0n) is 14.3. The molecule has 24 heavy (non-hydrogen) atoms. The molecule has 0 aliphatic heterocycles. The van der Waals surface area contributed by atoms with Gasteiger partial charge in [-0.15, -0.1) is 16.8 Å². The largest absolute Gasteiger partial charge is 0.360 e. The number of anilines is 1. The van der Waals surface area contributed by atoms with E-state index in [1.54, 1.807) is 19.1 Å². The Morgan fingerprint density at radius 3 is 2.92 bits per heavy atom. The van der Waals surface area contributed by atoms with E-state index in [4.69, 9.17) is 4.52 Å². The first-order chi connectivity index (χ1) is 11.5. The number of rotatable bonds is 9. The Kier molecular flexibility index (Phi) is 6.60. The zero-order valence-corrected chi connectivity index (χ0v) is 15.1. The summed E-state index contributed by atoms with van der Waals surface area (Å²) in [4.78, 5) is 12.6. The Bertz CT molecular complexity index is 694. The van der Waals surface area contributed by atoms with Crippen LogP contribution in [-0.2, 0) is 11.3 Å². The van der Waals surface area contributed by atoms with Crippen molar-refractivity contribution in [2.45, 2.75) is 57.0 Å². The van der Waals surface area contributed by atoms with Gasteiger partial charge < -0.3 is 14.4 Å². The van der Waals surface area contributed by atoms with Crippen molar-refractivity contribution in [3.8, 4) is 0 Å². The van der Waals surface area contributed by atoms with Gasteiger partial charge in [0, 0.05) is 12.6 Å². The Morgan fingerprint density at radius 1 is 1.50 bits per heavy atom. The van der Waals surface area contributed by atoms with Crippen LogP contribution < -0.4 is 5.32 Å². The van der Waals surface area contributed by atoms with Gasteiger partial charge in [-0.1, -0.05) is 42.8 Å². The summed E-state index contributed by atoms with van der Waals surface area (Å²) >= 11 is 1.42. The summed E-state index contributed by atoms with van der Waals surface area (Å²) in [5, 5.41) is 15.4. The minimum absolute atomic E-state index is 0.104. The van der Waals surface area contributed by atoms with Gasteiger partial charge in [-0.25, -0.2) is 0 Å². The Labute approximate surface area is 145 Å². The van der Waals surface area contributed by atoms with Gasteiger partial charge >= 0.3 is 0 Å². The molecule has 0 spiro atoms. The van der Waals surface area contributed by atoms with Gasteiger partial charge in [-0.05, 0) is 20.3 Å². The molecule has 2 heterocycles. The van der Waals surface area contributed by atoms with Gasteiger partial charge in [0.05, 0.1) is 5.25 Å². The van der Waals surface area contributed by atoms with Crippen LogP contribution in [0.3, 0.4) is 0 Å². The highest BCUT2D eigenvalue weighted by atomic mass is 32.2. The minimum atomic E-state index is -0.269. The summed E-state index contributed by atoms with van der Waals surface area (Å²) in [5.41, 5.74) is 0. The zero-order chi connectivity index (χ0) is 17.5. The SMILES string of the molecule is C=CCn1c(C)nnc1SC(CCCC)C(=O)Nc1cc(C)on1. The third-order valence-corrected chi connectivity index (χ3v) is 4.70. The molecule has 0 aliphatic carbocycles. The predicted octanol–water partition coefficient (Wildman–Crippen LogP) is 3.36. The van der Waals surface area contributed by atoms with E-state index >= 15 is 0 Å². The van der Waals surface area contributed by atoms with Gasteiger partial charge in [0.15, 0.2) is 11.0 Å². The van der Waals surface area contributed by atoms with Crippen molar-refractivity contribution in [2.75, 3.05) is 5.32 Å². The molecule has 1 N–H and O–H groups in total. The number of nitrogens with zero attached hydrogens (tertiary/aromatic N) is 4. The molecule has 1 unspecified atom stereocenters. The molecule has 130 valence electrons. The second-order valence-corrected chi connectivity index (χ2v) is 6.66. The highest BCUT2D eigenvalue weighted by Crippen LogP contribution is 2.27. The number of thioether (sulfide) groups is 1. The number of unbranched alkanes of at least 4 members (excludes halogenated alkanes) is 1. The van der Waals surface area contributed by atoms with Crippen molar-refractivity contribution in [3.63, 3.8) is 0 Å². The number of hydrogen-bond acceptors (Lipinski definition) is 6. The Balaban J connectivity index is 2.12. The molecule has 0 fully saturated rings. The van der Waals surface area contributed by atoms with Crippen molar-refractivity contribution >= 4 is 23.5 Å². The third-order valence-electron chi connectivity index (χ3n) is 3.45. The van der Waals surface area contributed by atoms with Crippen molar-refractivity contribution in [2.24, 2.45) is 0 Å². The van der Waals surface area contributed by atoms with E-state index in [1.165, 1.54) is 11.8 Å². The maximum atomic E-state index is 12.6. The molecule has 0 aromatic carbocycles. The molecule has 0 radical (unpaired) electrons. The fraction of sp³-hybridized carbons (Fsp3) is 0.500. The van der Waals surface area contributed by atoms with Crippen LogP contribution in [0, 0.1) is 13.8 Å².